The van der Waals surface area contributed by atoms with Gasteiger partial charge < -0.3 is 30.7 Å². The minimum absolute atomic E-state index is 0.0301. The lowest BCUT2D eigenvalue weighted by atomic mass is 9.80. The van der Waals surface area contributed by atoms with Gasteiger partial charge in [0, 0.05) is 50.7 Å². The molecule has 1 fully saturated rings. The van der Waals surface area contributed by atoms with Crippen LogP contribution in [-0.4, -0.2) is 74.4 Å². The van der Waals surface area contributed by atoms with Crippen LogP contribution >= 0.6 is 46.5 Å². The molecule has 4 heterocycles. The predicted molar refractivity (Wildman–Crippen MR) is 299 cm³/mol. The zero-order valence-electron chi connectivity index (χ0n) is 41.8. The molecule has 0 bridgehead atoms. The van der Waals surface area contributed by atoms with Crippen LogP contribution in [0.5, 0.6) is 0 Å². The molecule has 1 unspecified atom stereocenters. The van der Waals surface area contributed by atoms with Crippen molar-refractivity contribution in [1.29, 1.82) is 0 Å². The van der Waals surface area contributed by atoms with Crippen LogP contribution in [0, 0.1) is 0 Å². The average Bonchev–Trinajstić information content (AvgIpc) is 3.79. The fourth-order valence-corrected chi connectivity index (χ4v) is 12.0. The SMILES string of the molecule is CC(C)(C)OC(=O)NCCSCc1ncccc1SC1=C(C(=O)OC(c2ccccc2)c2ccccc2)N2C(=O)[C@H](NC(=O)/C(=N\OC(c3ccccc3)(c3ccccc3)c3ccccc3)c3nc(N)sc3Cl)C2CC1. The van der Waals surface area contributed by atoms with Gasteiger partial charge in [-0.25, -0.2) is 14.6 Å². The molecule has 2 aliphatic rings. The number of nitrogens with one attached hydrogen (secondary N) is 2. The molecule has 2 aromatic heterocycles. The summed E-state index contributed by atoms with van der Waals surface area (Å²) in [6, 6.07) is 49.4. The van der Waals surface area contributed by atoms with E-state index in [0.29, 0.717) is 35.8 Å². The van der Waals surface area contributed by atoms with Crippen LogP contribution in [0.3, 0.4) is 0 Å². The Hall–Kier alpha value is -7.44. The number of aromatic nitrogens is 2. The molecular weight excluding hydrogens is 1040 g/mol. The highest BCUT2D eigenvalue weighted by atomic mass is 35.5. The molecule has 7 aromatic rings. The van der Waals surface area contributed by atoms with E-state index in [4.69, 9.17) is 36.6 Å². The fourth-order valence-electron chi connectivity index (χ4n) is 8.99. The topological polar surface area (TPSA) is 187 Å². The number of carbonyl (C=O) groups excluding carboxylic acids is 4. The Morgan fingerprint density at radius 1 is 0.829 bits per heavy atom. The van der Waals surface area contributed by atoms with Crippen molar-refractivity contribution >= 4 is 81.2 Å². The number of β-lactam (4-membered cyclic amide) rings is 1. The second-order valence-electron chi connectivity index (χ2n) is 18.7. The number of rotatable bonds is 19. The molecule has 4 N–H and O–H groups in total. The molecule has 14 nitrogen and oxygen atoms in total. The maximum absolute atomic E-state index is 15.0. The zero-order valence-corrected chi connectivity index (χ0v) is 45.0. The summed E-state index contributed by atoms with van der Waals surface area (Å²) in [4.78, 5) is 75.7. The van der Waals surface area contributed by atoms with Crippen molar-refractivity contribution < 1.29 is 33.5 Å². The molecule has 1 saturated heterocycles. The molecule has 0 saturated carbocycles. The average molecular weight is 1090 g/mol. The van der Waals surface area contributed by atoms with Crippen LogP contribution in [-0.2, 0) is 40.0 Å². The van der Waals surface area contributed by atoms with Crippen molar-refractivity contribution in [2.24, 2.45) is 5.16 Å². The smallest absolute Gasteiger partial charge is 0.407 e. The van der Waals surface area contributed by atoms with E-state index in [9.17, 15) is 14.4 Å². The Balaban J connectivity index is 1.03. The maximum atomic E-state index is 15.0. The number of allylic oxidation sites excluding steroid dienone is 1. The Kier molecular flexibility index (Phi) is 16.9. The van der Waals surface area contributed by atoms with E-state index in [1.165, 1.54) is 16.7 Å². The highest BCUT2D eigenvalue weighted by Crippen LogP contribution is 2.46. The largest absolute Gasteiger partial charge is 0.448 e. The number of thiazole rings is 1. The molecule has 388 valence electrons. The van der Waals surface area contributed by atoms with E-state index >= 15 is 4.79 Å². The van der Waals surface area contributed by atoms with Gasteiger partial charge >= 0.3 is 12.1 Å². The van der Waals surface area contributed by atoms with Crippen molar-refractivity contribution in [3.63, 3.8) is 0 Å². The third-order valence-corrected chi connectivity index (χ3v) is 15.7. The monoisotopic (exact) mass is 1090 g/mol. The predicted octanol–water partition coefficient (Wildman–Crippen LogP) is 11.1. The molecule has 3 amide bonds. The maximum Gasteiger partial charge on any atom is 0.407 e. The number of ether oxygens (including phenoxy) is 2. The Labute approximate surface area is 458 Å². The summed E-state index contributed by atoms with van der Waals surface area (Å²) in [5.41, 5.74) is 8.31. The number of nitrogens with two attached hydrogens (primary N) is 1. The molecule has 2 aliphatic heterocycles. The van der Waals surface area contributed by atoms with Gasteiger partial charge in [0.2, 0.25) is 5.60 Å². The molecule has 0 radical (unpaired) electrons. The van der Waals surface area contributed by atoms with E-state index in [2.05, 4.69) is 20.8 Å². The van der Waals surface area contributed by atoms with Crippen LogP contribution in [0.15, 0.2) is 191 Å². The van der Waals surface area contributed by atoms with Crippen molar-refractivity contribution in [3.05, 3.63) is 224 Å². The summed E-state index contributed by atoms with van der Waals surface area (Å²) < 4.78 is 11.9. The number of amides is 3. The van der Waals surface area contributed by atoms with E-state index in [-0.39, 0.29) is 26.6 Å². The number of thioether (sulfide) groups is 2. The molecular formula is C58H54ClN7O7S3. The fraction of sp³-hybridized carbons (Fsp3) is 0.224. The summed E-state index contributed by atoms with van der Waals surface area (Å²) in [7, 11) is 0. The molecule has 2 atom stereocenters. The minimum Gasteiger partial charge on any atom is -0.448 e. The normalized spacial score (nSPS) is 15.6. The number of anilines is 1. The van der Waals surface area contributed by atoms with Crippen LogP contribution in [0.25, 0.3) is 0 Å². The van der Waals surface area contributed by atoms with Gasteiger partial charge in [-0.15, -0.1) is 0 Å². The molecule has 9 rings (SSSR count). The van der Waals surface area contributed by atoms with E-state index in [0.717, 1.165) is 49.7 Å². The second kappa shape index (κ2) is 24.0. The first-order valence-corrected chi connectivity index (χ1v) is 27.7. The highest BCUT2D eigenvalue weighted by Gasteiger charge is 2.55. The lowest BCUT2D eigenvalue weighted by Crippen LogP contribution is -2.72. The van der Waals surface area contributed by atoms with Gasteiger partial charge in [0.25, 0.3) is 11.8 Å². The third-order valence-electron chi connectivity index (χ3n) is 12.4. The van der Waals surface area contributed by atoms with Gasteiger partial charge in [-0.3, -0.25) is 19.5 Å². The highest BCUT2D eigenvalue weighted by molar-refractivity contribution is 8.03. The number of alkyl carbamates (subject to hydrolysis) is 1. The number of benzene rings is 5. The Morgan fingerprint density at radius 2 is 1.39 bits per heavy atom. The number of pyridine rings is 1. The molecule has 0 aliphatic carbocycles. The van der Waals surface area contributed by atoms with Gasteiger partial charge in [0.15, 0.2) is 16.9 Å². The van der Waals surface area contributed by atoms with Crippen LogP contribution in [0.1, 0.15) is 78.9 Å². The second-order valence-corrected chi connectivity index (χ2v) is 22.5. The first-order valence-electron chi connectivity index (χ1n) is 24.5. The lowest BCUT2D eigenvalue weighted by Gasteiger charge is -2.50. The van der Waals surface area contributed by atoms with E-state index in [1.54, 1.807) is 18.0 Å². The molecule has 76 heavy (non-hydrogen) atoms. The van der Waals surface area contributed by atoms with Gasteiger partial charge in [-0.1, -0.05) is 192 Å². The Morgan fingerprint density at radius 3 is 1.93 bits per heavy atom. The van der Waals surface area contributed by atoms with Crippen LogP contribution < -0.4 is 16.4 Å². The summed E-state index contributed by atoms with van der Waals surface area (Å²) in [5, 5.41) is 10.4. The summed E-state index contributed by atoms with van der Waals surface area (Å²) in [6.07, 6.45) is 1.13. The van der Waals surface area contributed by atoms with Crippen LogP contribution in [0.4, 0.5) is 9.93 Å². The molecule has 0 spiro atoms. The van der Waals surface area contributed by atoms with Crippen molar-refractivity contribution in [3.8, 4) is 0 Å². The third kappa shape index (κ3) is 12.1. The number of nitrogen functional groups attached to an aromatic ring is 1. The van der Waals surface area contributed by atoms with Crippen molar-refractivity contribution in [2.75, 3.05) is 18.0 Å². The standard InChI is InChI=1S/C58H54ClN7O7S3/c1-57(2,3)72-56(70)62-34-35-74-36-42-44(30-19-33-61-42)75-45-32-31-43-46(53(68)66(43)49(45)54(69)71-50(37-20-9-4-10-21-37)38-22-11-5-12-23-38)63-52(67)48(47-51(59)76-55(60)64-47)65-73-58(39-24-13-6-14-25-39,40-26-15-7-16-27-40)41-28-17-8-18-29-41/h4-30,33,43,46,50H,31-32,34-36H2,1-3H3,(H2,60,64)(H,62,70)(H,63,67)/b65-48-/t43?,46-/m1/s1. The van der Waals surface area contributed by atoms with E-state index < -0.39 is 53.3 Å². The van der Waals surface area contributed by atoms with Crippen molar-refractivity contribution in [1.82, 2.24) is 25.5 Å². The number of nitrogens with zero attached hydrogens (tertiary/aromatic N) is 4. The summed E-state index contributed by atoms with van der Waals surface area (Å²) in [6.45, 7) is 5.82. The number of halogens is 1. The summed E-state index contributed by atoms with van der Waals surface area (Å²) in [5.74, 6) is -0.952. The lowest BCUT2D eigenvalue weighted by molar-refractivity contribution is -0.158. The number of carbonyl (C=O) groups is 4. The van der Waals surface area contributed by atoms with Gasteiger partial charge in [-0.05, 0) is 56.9 Å². The number of oxime groups is 1. The van der Waals surface area contributed by atoms with Gasteiger partial charge in [-0.2, -0.15) is 11.8 Å². The number of esters is 1. The first kappa shape index (κ1) is 53.4. The van der Waals surface area contributed by atoms with Crippen LogP contribution in [0.2, 0.25) is 4.34 Å². The quantitative estimate of drug-likeness (QED) is 0.0174. The number of fused-ring (bicyclic) bond motifs is 1. The zero-order chi connectivity index (χ0) is 53.2. The number of hydrogen-bond acceptors (Lipinski definition) is 14. The minimum atomic E-state index is -1.38. The van der Waals surface area contributed by atoms with Gasteiger partial charge in [0.05, 0.1) is 11.7 Å². The first-order chi connectivity index (χ1) is 36.8. The van der Waals surface area contributed by atoms with Crippen molar-refractivity contribution in [2.45, 2.75) is 73.7 Å². The Bertz CT molecular complexity index is 3100. The van der Waals surface area contributed by atoms with E-state index in [1.807, 2.05) is 185 Å². The number of hydrogen-bond donors (Lipinski definition) is 3. The molecule has 5 aromatic carbocycles. The summed E-state index contributed by atoms with van der Waals surface area (Å²) >= 11 is 10.7. The van der Waals surface area contributed by atoms with Gasteiger partial charge in [0.1, 0.15) is 27.4 Å². The molecule has 18 heteroatoms.